The first-order valence-corrected chi connectivity index (χ1v) is 4.17. The Kier molecular flexibility index (Phi) is 2.19. The van der Waals surface area contributed by atoms with Crippen molar-refractivity contribution in [3.8, 4) is 0 Å². The van der Waals surface area contributed by atoms with E-state index in [-0.39, 0.29) is 11.1 Å². The first kappa shape index (κ1) is 8.51. The number of benzene rings is 1. The number of hydrogen-bond donors (Lipinski definition) is 0. The smallest absolute Gasteiger partial charge is 0.273 e. The van der Waals surface area contributed by atoms with Crippen molar-refractivity contribution in [3.63, 3.8) is 0 Å². The second kappa shape index (κ2) is 3.34. The van der Waals surface area contributed by atoms with Gasteiger partial charge >= 0.3 is 0 Å². The summed E-state index contributed by atoms with van der Waals surface area (Å²) in [5.41, 5.74) is 0.456. The third kappa shape index (κ3) is 1.52. The fourth-order valence-electron chi connectivity index (χ4n) is 1.19. The highest BCUT2D eigenvalue weighted by Crippen LogP contribution is 2.27. The summed E-state index contributed by atoms with van der Waals surface area (Å²) < 4.78 is 18.2. The van der Waals surface area contributed by atoms with E-state index in [2.05, 4.69) is 11.4 Å². The van der Waals surface area contributed by atoms with E-state index in [4.69, 9.17) is 16.3 Å². The Labute approximate surface area is 80.0 Å². The highest BCUT2D eigenvalue weighted by molar-refractivity contribution is 6.30. The number of nitrogens with zero attached hydrogens (tertiary/aromatic N) is 1. The van der Waals surface area contributed by atoms with Gasteiger partial charge < -0.3 is 4.74 Å². The van der Waals surface area contributed by atoms with Crippen LogP contribution in [0.15, 0.2) is 23.2 Å². The van der Waals surface area contributed by atoms with Crippen LogP contribution in [0, 0.1) is 5.82 Å². The minimum Gasteiger partial charge on any atom is -0.471 e. The molecule has 1 radical (unpaired) electrons. The van der Waals surface area contributed by atoms with Crippen molar-refractivity contribution in [1.29, 1.82) is 0 Å². The van der Waals surface area contributed by atoms with E-state index in [1.165, 1.54) is 6.07 Å². The Morgan fingerprint density at radius 1 is 1.62 bits per heavy atom. The van der Waals surface area contributed by atoms with E-state index in [1.54, 1.807) is 12.1 Å². The molecule has 0 N–H and O–H groups in total. The quantitative estimate of drug-likeness (QED) is 0.679. The van der Waals surface area contributed by atoms with E-state index in [0.717, 1.165) is 0 Å². The molecule has 0 amide bonds. The number of aliphatic imine (C=N–C) groups is 1. The van der Waals surface area contributed by atoms with E-state index in [9.17, 15) is 4.39 Å². The molecule has 0 aromatic heterocycles. The molecular weight excluding hydrogens is 193 g/mol. The Bertz CT molecular complexity index is 353. The van der Waals surface area contributed by atoms with Gasteiger partial charge in [0, 0.05) is 5.56 Å². The van der Waals surface area contributed by atoms with Crippen molar-refractivity contribution in [2.24, 2.45) is 4.99 Å². The molecule has 4 heteroatoms. The van der Waals surface area contributed by atoms with Gasteiger partial charge in [0.15, 0.2) is 0 Å². The highest BCUT2D eigenvalue weighted by Gasteiger charge is 2.19. The van der Waals surface area contributed by atoms with Crippen molar-refractivity contribution in [1.82, 2.24) is 0 Å². The summed E-state index contributed by atoms with van der Waals surface area (Å²) in [5.74, 6) is -0.426. The van der Waals surface area contributed by atoms with Crippen molar-refractivity contribution < 1.29 is 9.13 Å². The molecule has 0 saturated heterocycles. The average molecular weight is 199 g/mol. The van der Waals surface area contributed by atoms with Gasteiger partial charge in [-0.3, -0.25) is 0 Å². The van der Waals surface area contributed by atoms with Gasteiger partial charge in [0.25, 0.3) is 6.40 Å². The first-order valence-electron chi connectivity index (χ1n) is 3.79. The molecule has 1 aliphatic heterocycles. The zero-order valence-electron chi connectivity index (χ0n) is 6.63. The van der Waals surface area contributed by atoms with Crippen molar-refractivity contribution >= 4 is 18.0 Å². The fraction of sp³-hybridized carbons (Fsp3) is 0.222. The zero-order chi connectivity index (χ0) is 9.26. The molecule has 2 rings (SSSR count). The van der Waals surface area contributed by atoms with Crippen LogP contribution in [-0.2, 0) is 4.74 Å². The lowest BCUT2D eigenvalue weighted by atomic mass is 10.1. The maximum absolute atomic E-state index is 13.4. The molecule has 1 aromatic carbocycles. The van der Waals surface area contributed by atoms with Gasteiger partial charge in [0.1, 0.15) is 18.5 Å². The Hall–Kier alpha value is -1.09. The molecule has 1 aliphatic rings. The van der Waals surface area contributed by atoms with E-state index in [1.807, 2.05) is 0 Å². The predicted octanol–water partition coefficient (Wildman–Crippen LogP) is 2.46. The van der Waals surface area contributed by atoms with Gasteiger partial charge in [-0.25, -0.2) is 9.38 Å². The van der Waals surface area contributed by atoms with Crippen LogP contribution < -0.4 is 0 Å². The molecule has 0 spiro atoms. The average Bonchev–Trinajstić information content (AvgIpc) is 2.62. The monoisotopic (exact) mass is 198 g/mol. The predicted molar refractivity (Wildman–Crippen MR) is 47.5 cm³/mol. The molecule has 2 nitrogen and oxygen atoms in total. The Balaban J connectivity index is 2.39. The molecular formula is C9H6ClFNO. The SMILES string of the molecule is Fc1c(Cl)cccc1C1CO[C]=N1. The lowest BCUT2D eigenvalue weighted by Gasteiger charge is -2.07. The lowest BCUT2D eigenvalue weighted by Crippen LogP contribution is -2.00. The van der Waals surface area contributed by atoms with Crippen LogP contribution in [0.3, 0.4) is 0 Å². The summed E-state index contributed by atoms with van der Waals surface area (Å²) in [5, 5.41) is 0.111. The molecule has 67 valence electrons. The molecule has 0 bridgehead atoms. The Morgan fingerprint density at radius 3 is 3.15 bits per heavy atom. The summed E-state index contributed by atoms with van der Waals surface area (Å²) in [6.45, 7) is 0.331. The Morgan fingerprint density at radius 2 is 2.46 bits per heavy atom. The lowest BCUT2D eigenvalue weighted by molar-refractivity contribution is 0.327. The normalized spacial score (nSPS) is 20.3. The molecule has 1 atom stereocenters. The van der Waals surface area contributed by atoms with E-state index in [0.29, 0.717) is 12.2 Å². The molecule has 1 aromatic rings. The maximum Gasteiger partial charge on any atom is 0.273 e. The topological polar surface area (TPSA) is 21.6 Å². The van der Waals surface area contributed by atoms with Gasteiger partial charge in [0.05, 0.1) is 5.02 Å². The van der Waals surface area contributed by atoms with Crippen LogP contribution in [0.4, 0.5) is 4.39 Å². The number of hydrogen-bond acceptors (Lipinski definition) is 2. The molecule has 0 aliphatic carbocycles. The number of halogens is 2. The summed E-state index contributed by atoms with van der Waals surface area (Å²) in [6, 6.07) is 4.53. The summed E-state index contributed by atoms with van der Waals surface area (Å²) in [4.78, 5) is 3.84. The first-order chi connectivity index (χ1) is 6.29. The van der Waals surface area contributed by atoms with Crippen molar-refractivity contribution in [2.75, 3.05) is 6.61 Å². The standard InChI is InChI=1S/C9H6ClFNO/c10-7-3-1-2-6(9(7)11)8-4-13-5-12-8/h1-3,8H,4H2. The third-order valence-corrected chi connectivity index (χ3v) is 2.15. The molecule has 13 heavy (non-hydrogen) atoms. The van der Waals surface area contributed by atoms with Crippen molar-refractivity contribution in [2.45, 2.75) is 6.04 Å². The van der Waals surface area contributed by atoms with Gasteiger partial charge in [-0.1, -0.05) is 23.7 Å². The van der Waals surface area contributed by atoms with Crippen LogP contribution >= 0.6 is 11.6 Å². The van der Waals surface area contributed by atoms with Gasteiger partial charge in [0.2, 0.25) is 0 Å². The van der Waals surface area contributed by atoms with Crippen LogP contribution in [0.25, 0.3) is 0 Å². The largest absolute Gasteiger partial charge is 0.471 e. The fourth-order valence-corrected chi connectivity index (χ4v) is 1.37. The zero-order valence-corrected chi connectivity index (χ0v) is 7.38. The second-order valence-corrected chi connectivity index (χ2v) is 3.10. The van der Waals surface area contributed by atoms with E-state index < -0.39 is 5.82 Å². The second-order valence-electron chi connectivity index (χ2n) is 2.69. The van der Waals surface area contributed by atoms with Crippen molar-refractivity contribution in [3.05, 3.63) is 34.6 Å². The van der Waals surface area contributed by atoms with Gasteiger partial charge in [-0.2, -0.15) is 0 Å². The van der Waals surface area contributed by atoms with Crippen LogP contribution in [-0.4, -0.2) is 13.0 Å². The molecule has 1 unspecified atom stereocenters. The van der Waals surface area contributed by atoms with Crippen LogP contribution in [0.5, 0.6) is 0 Å². The van der Waals surface area contributed by atoms with Crippen LogP contribution in [0.1, 0.15) is 11.6 Å². The minimum atomic E-state index is -0.426. The van der Waals surface area contributed by atoms with Gasteiger partial charge in [-0.15, -0.1) is 0 Å². The third-order valence-electron chi connectivity index (χ3n) is 1.85. The molecule has 0 saturated carbocycles. The summed E-state index contributed by atoms with van der Waals surface area (Å²) in [7, 11) is 0. The maximum atomic E-state index is 13.4. The molecule has 0 fully saturated rings. The number of ether oxygens (including phenoxy) is 1. The number of rotatable bonds is 1. The highest BCUT2D eigenvalue weighted by atomic mass is 35.5. The van der Waals surface area contributed by atoms with E-state index >= 15 is 0 Å². The van der Waals surface area contributed by atoms with Crippen LogP contribution in [0.2, 0.25) is 5.02 Å². The summed E-state index contributed by atoms with van der Waals surface area (Å²) in [6.07, 6.45) is 2.33. The minimum absolute atomic E-state index is 0.111. The molecule has 1 heterocycles. The summed E-state index contributed by atoms with van der Waals surface area (Å²) >= 11 is 5.61. The van der Waals surface area contributed by atoms with Gasteiger partial charge in [-0.05, 0) is 6.07 Å².